The zero-order valence-electron chi connectivity index (χ0n) is 9.61. The van der Waals surface area contributed by atoms with E-state index in [1.165, 1.54) is 6.08 Å². The molecule has 1 fully saturated rings. The largest absolute Gasteiger partial charge is 0.388 e. The number of allylic oxidation sites excluding steroid dienone is 3. The topological polar surface area (TPSA) is 58.6 Å². The van der Waals surface area contributed by atoms with Crippen LogP contribution < -0.4 is 5.32 Å². The van der Waals surface area contributed by atoms with Crippen LogP contribution in [0.15, 0.2) is 24.3 Å². The predicted octanol–water partition coefficient (Wildman–Crippen LogP) is 0.776. The third-order valence-electron chi connectivity index (χ3n) is 2.57. The van der Waals surface area contributed by atoms with Crippen LogP contribution in [0.5, 0.6) is 0 Å². The summed E-state index contributed by atoms with van der Waals surface area (Å²) in [6.45, 7) is 3.28. The lowest BCUT2D eigenvalue weighted by atomic mass is 9.94. The van der Waals surface area contributed by atoms with Crippen LogP contribution in [0.2, 0.25) is 0 Å². The summed E-state index contributed by atoms with van der Waals surface area (Å²) < 4.78 is 5.16. The van der Waals surface area contributed by atoms with E-state index in [4.69, 9.17) is 4.74 Å². The molecule has 1 rings (SSSR count). The van der Waals surface area contributed by atoms with E-state index < -0.39 is 5.60 Å². The molecule has 16 heavy (non-hydrogen) atoms. The highest BCUT2D eigenvalue weighted by molar-refractivity contribution is 5.87. The molecule has 0 radical (unpaired) electrons. The Balaban J connectivity index is 2.30. The molecule has 0 saturated carbocycles. The second-order valence-electron chi connectivity index (χ2n) is 3.94. The van der Waals surface area contributed by atoms with Crippen molar-refractivity contribution in [1.29, 1.82) is 0 Å². The van der Waals surface area contributed by atoms with E-state index in [9.17, 15) is 9.90 Å². The molecule has 1 amide bonds. The van der Waals surface area contributed by atoms with Crippen molar-refractivity contribution >= 4 is 5.91 Å². The van der Waals surface area contributed by atoms with E-state index >= 15 is 0 Å². The van der Waals surface area contributed by atoms with Gasteiger partial charge in [-0.25, -0.2) is 0 Å². The van der Waals surface area contributed by atoms with Gasteiger partial charge in [0, 0.05) is 38.7 Å². The zero-order chi connectivity index (χ0) is 11.9. The Morgan fingerprint density at radius 1 is 1.44 bits per heavy atom. The summed E-state index contributed by atoms with van der Waals surface area (Å²) in [5, 5.41) is 12.7. The zero-order valence-corrected chi connectivity index (χ0v) is 9.61. The fourth-order valence-electron chi connectivity index (χ4n) is 1.49. The Morgan fingerprint density at radius 3 is 2.75 bits per heavy atom. The van der Waals surface area contributed by atoms with Crippen LogP contribution in [0, 0.1) is 0 Å². The van der Waals surface area contributed by atoms with Gasteiger partial charge in [-0.2, -0.15) is 0 Å². The molecular formula is C12H19NO3. The highest BCUT2D eigenvalue weighted by Crippen LogP contribution is 2.18. The average Bonchev–Trinajstić information content (AvgIpc) is 2.28. The quantitative estimate of drug-likeness (QED) is 0.549. The van der Waals surface area contributed by atoms with Gasteiger partial charge in [0.1, 0.15) is 0 Å². The number of rotatable bonds is 4. The fourth-order valence-corrected chi connectivity index (χ4v) is 1.49. The summed E-state index contributed by atoms with van der Waals surface area (Å²) in [5.41, 5.74) is -0.803. The van der Waals surface area contributed by atoms with Crippen molar-refractivity contribution in [3.63, 3.8) is 0 Å². The number of amides is 1. The number of carbonyl (C=O) groups is 1. The second kappa shape index (κ2) is 6.45. The van der Waals surface area contributed by atoms with Crippen molar-refractivity contribution in [2.75, 3.05) is 19.8 Å². The molecule has 1 aliphatic rings. The van der Waals surface area contributed by atoms with Crippen molar-refractivity contribution in [3.05, 3.63) is 24.3 Å². The summed E-state index contributed by atoms with van der Waals surface area (Å²) in [7, 11) is 0. The van der Waals surface area contributed by atoms with Crippen LogP contribution in [0.25, 0.3) is 0 Å². The van der Waals surface area contributed by atoms with Crippen LogP contribution in [0.3, 0.4) is 0 Å². The molecule has 0 atom stereocenters. The SMILES string of the molecule is CC=CC=CC(=O)NCC1(O)CCOCC1. The Labute approximate surface area is 96.0 Å². The molecule has 1 heterocycles. The molecule has 0 aromatic carbocycles. The summed E-state index contributed by atoms with van der Waals surface area (Å²) >= 11 is 0. The minimum Gasteiger partial charge on any atom is -0.388 e. The van der Waals surface area contributed by atoms with Gasteiger partial charge in [0.05, 0.1) is 5.60 Å². The smallest absolute Gasteiger partial charge is 0.244 e. The first kappa shape index (κ1) is 12.9. The van der Waals surface area contributed by atoms with Crippen molar-refractivity contribution in [2.24, 2.45) is 0 Å². The van der Waals surface area contributed by atoms with Crippen LogP contribution in [-0.4, -0.2) is 36.4 Å². The van der Waals surface area contributed by atoms with Crippen molar-refractivity contribution < 1.29 is 14.6 Å². The molecule has 4 nitrogen and oxygen atoms in total. The molecule has 2 N–H and O–H groups in total. The third-order valence-corrected chi connectivity index (χ3v) is 2.57. The molecular weight excluding hydrogens is 206 g/mol. The molecule has 0 aliphatic carbocycles. The van der Waals surface area contributed by atoms with E-state index in [0.29, 0.717) is 26.1 Å². The van der Waals surface area contributed by atoms with Crippen LogP contribution in [-0.2, 0) is 9.53 Å². The maximum Gasteiger partial charge on any atom is 0.244 e. The summed E-state index contributed by atoms with van der Waals surface area (Å²) in [6.07, 6.45) is 7.89. The minimum atomic E-state index is -0.803. The van der Waals surface area contributed by atoms with E-state index in [1.54, 1.807) is 12.2 Å². The molecule has 90 valence electrons. The summed E-state index contributed by atoms with van der Waals surface area (Å²) in [5.74, 6) is -0.182. The summed E-state index contributed by atoms with van der Waals surface area (Å²) in [6, 6.07) is 0. The van der Waals surface area contributed by atoms with Crippen molar-refractivity contribution in [2.45, 2.75) is 25.4 Å². The Bertz CT molecular complexity index is 278. The van der Waals surface area contributed by atoms with E-state index in [1.807, 2.05) is 13.0 Å². The van der Waals surface area contributed by atoms with Crippen LogP contribution in [0.1, 0.15) is 19.8 Å². The maximum absolute atomic E-state index is 11.3. The highest BCUT2D eigenvalue weighted by atomic mass is 16.5. The maximum atomic E-state index is 11.3. The molecule has 1 aliphatic heterocycles. The highest BCUT2D eigenvalue weighted by Gasteiger charge is 2.29. The van der Waals surface area contributed by atoms with E-state index in [0.717, 1.165) is 0 Å². The number of nitrogens with one attached hydrogen (secondary N) is 1. The van der Waals surface area contributed by atoms with E-state index in [-0.39, 0.29) is 12.5 Å². The fraction of sp³-hybridized carbons (Fsp3) is 0.583. The first-order valence-corrected chi connectivity index (χ1v) is 5.54. The first-order valence-electron chi connectivity index (χ1n) is 5.54. The first-order chi connectivity index (χ1) is 7.66. The summed E-state index contributed by atoms with van der Waals surface area (Å²) in [4.78, 5) is 11.3. The van der Waals surface area contributed by atoms with Gasteiger partial charge in [0.2, 0.25) is 5.91 Å². The van der Waals surface area contributed by atoms with Gasteiger partial charge >= 0.3 is 0 Å². The molecule has 0 bridgehead atoms. The number of carbonyl (C=O) groups excluding carboxylic acids is 1. The predicted molar refractivity (Wildman–Crippen MR) is 62.0 cm³/mol. The van der Waals surface area contributed by atoms with Crippen molar-refractivity contribution in [1.82, 2.24) is 5.32 Å². The number of hydrogen-bond acceptors (Lipinski definition) is 3. The molecule has 0 aromatic heterocycles. The Hall–Kier alpha value is -1.13. The van der Waals surface area contributed by atoms with Crippen LogP contribution in [0.4, 0.5) is 0 Å². The van der Waals surface area contributed by atoms with Gasteiger partial charge in [-0.1, -0.05) is 18.2 Å². The lowest BCUT2D eigenvalue weighted by Crippen LogP contribution is -2.46. The van der Waals surface area contributed by atoms with Gasteiger partial charge < -0.3 is 15.2 Å². The van der Waals surface area contributed by atoms with Gasteiger partial charge in [-0.05, 0) is 6.92 Å². The average molecular weight is 225 g/mol. The van der Waals surface area contributed by atoms with Gasteiger partial charge in [-0.15, -0.1) is 0 Å². The molecule has 0 spiro atoms. The van der Waals surface area contributed by atoms with Gasteiger partial charge in [0.15, 0.2) is 0 Å². The number of aliphatic hydroxyl groups is 1. The second-order valence-corrected chi connectivity index (χ2v) is 3.94. The Kier molecular flexibility index (Phi) is 5.22. The molecule has 4 heteroatoms. The third kappa shape index (κ3) is 4.59. The van der Waals surface area contributed by atoms with Crippen molar-refractivity contribution in [3.8, 4) is 0 Å². The standard InChI is InChI=1S/C12H19NO3/c1-2-3-4-5-11(14)13-10-12(15)6-8-16-9-7-12/h2-5,15H,6-10H2,1H3,(H,13,14). The van der Waals surface area contributed by atoms with Crippen LogP contribution >= 0.6 is 0 Å². The minimum absolute atomic E-state index is 0.182. The monoisotopic (exact) mass is 225 g/mol. The normalized spacial score (nSPS) is 20.4. The lowest BCUT2D eigenvalue weighted by Gasteiger charge is -2.31. The lowest BCUT2D eigenvalue weighted by molar-refractivity contribution is -0.119. The number of hydrogen-bond donors (Lipinski definition) is 2. The molecule has 1 saturated heterocycles. The molecule has 0 unspecified atom stereocenters. The molecule has 0 aromatic rings. The van der Waals surface area contributed by atoms with Gasteiger partial charge in [0.25, 0.3) is 0 Å². The van der Waals surface area contributed by atoms with E-state index in [2.05, 4.69) is 5.32 Å². The Morgan fingerprint density at radius 2 is 2.12 bits per heavy atom. The van der Waals surface area contributed by atoms with Gasteiger partial charge in [-0.3, -0.25) is 4.79 Å². The number of ether oxygens (including phenoxy) is 1.